The fraction of sp³-hybridized carbons (Fsp3) is 0.750. The van der Waals surface area contributed by atoms with Gasteiger partial charge in [0.05, 0.1) is 16.2 Å². The van der Waals surface area contributed by atoms with E-state index in [1.807, 2.05) is 6.92 Å². The second-order valence-electron chi connectivity index (χ2n) is 6.47. The van der Waals surface area contributed by atoms with Gasteiger partial charge >= 0.3 is 0 Å². The lowest BCUT2D eigenvalue weighted by Crippen LogP contribution is -2.50. The van der Waals surface area contributed by atoms with Crippen molar-refractivity contribution in [3.63, 3.8) is 0 Å². The Balaban J connectivity index is 2.08. The molecule has 116 valence electrons. The molecule has 1 aromatic heterocycles. The molecule has 1 aliphatic rings. The summed E-state index contributed by atoms with van der Waals surface area (Å²) in [4.78, 5) is 0. The van der Waals surface area contributed by atoms with Crippen LogP contribution in [0.4, 0.5) is 0 Å². The molecular formula is C16H25BrN4. The summed E-state index contributed by atoms with van der Waals surface area (Å²) >= 11 is 3.57. The maximum Gasteiger partial charge on any atom is 0.109 e. The quantitative estimate of drug-likeness (QED) is 0.878. The van der Waals surface area contributed by atoms with Gasteiger partial charge in [-0.3, -0.25) is 10.00 Å². The first-order chi connectivity index (χ1) is 9.89. The standard InChI is InChI=1S/C16H25BrN4/c1-11(2)19-16(10-18)8-5-6-14(16)7-9-21-13(4)15(17)12(3)20-21/h11,14,19H,5-9H2,1-4H3. The topological polar surface area (TPSA) is 53.6 Å². The van der Waals surface area contributed by atoms with Crippen molar-refractivity contribution in [2.75, 3.05) is 0 Å². The van der Waals surface area contributed by atoms with Gasteiger partial charge in [0.25, 0.3) is 0 Å². The Kier molecular flexibility index (Phi) is 5.11. The third-order valence-corrected chi connectivity index (χ3v) is 5.70. The Hall–Kier alpha value is -0.860. The zero-order valence-electron chi connectivity index (χ0n) is 13.4. The first-order valence-corrected chi connectivity index (χ1v) is 8.57. The minimum absolute atomic E-state index is 0.341. The van der Waals surface area contributed by atoms with Crippen LogP contribution >= 0.6 is 15.9 Å². The van der Waals surface area contributed by atoms with Gasteiger partial charge in [0.15, 0.2) is 0 Å². The van der Waals surface area contributed by atoms with Crippen molar-refractivity contribution in [2.24, 2.45) is 5.92 Å². The average Bonchev–Trinajstić information content (AvgIpc) is 2.93. The first kappa shape index (κ1) is 16.5. The molecule has 0 aliphatic heterocycles. The first-order valence-electron chi connectivity index (χ1n) is 7.78. The zero-order chi connectivity index (χ0) is 15.6. The predicted molar refractivity (Wildman–Crippen MR) is 88.0 cm³/mol. The number of aromatic nitrogens is 2. The lowest BCUT2D eigenvalue weighted by atomic mass is 9.85. The van der Waals surface area contributed by atoms with Crippen LogP contribution in [0.5, 0.6) is 0 Å². The molecule has 1 aliphatic carbocycles. The Morgan fingerprint density at radius 2 is 2.24 bits per heavy atom. The van der Waals surface area contributed by atoms with Crippen LogP contribution in [0, 0.1) is 31.1 Å². The summed E-state index contributed by atoms with van der Waals surface area (Å²) in [5.41, 5.74) is 1.86. The van der Waals surface area contributed by atoms with Crippen molar-refractivity contribution in [2.45, 2.75) is 71.5 Å². The van der Waals surface area contributed by atoms with E-state index in [4.69, 9.17) is 0 Å². The van der Waals surface area contributed by atoms with Crippen LogP contribution in [0.1, 0.15) is 50.9 Å². The average molecular weight is 353 g/mol. The van der Waals surface area contributed by atoms with Crippen molar-refractivity contribution in [3.8, 4) is 6.07 Å². The normalized spacial score (nSPS) is 25.5. The third kappa shape index (κ3) is 3.32. The highest BCUT2D eigenvalue weighted by atomic mass is 79.9. The Bertz CT molecular complexity index is 543. The van der Waals surface area contributed by atoms with Crippen molar-refractivity contribution in [1.29, 1.82) is 5.26 Å². The fourth-order valence-corrected chi connectivity index (χ4v) is 3.81. The Labute approximate surface area is 136 Å². The summed E-state index contributed by atoms with van der Waals surface area (Å²) < 4.78 is 3.16. The van der Waals surface area contributed by atoms with Gasteiger partial charge in [0.1, 0.15) is 5.54 Å². The molecule has 1 aromatic rings. The second-order valence-corrected chi connectivity index (χ2v) is 7.26. The summed E-state index contributed by atoms with van der Waals surface area (Å²) in [6.45, 7) is 9.22. The van der Waals surface area contributed by atoms with E-state index < -0.39 is 0 Å². The molecule has 1 fully saturated rings. The molecule has 0 saturated heterocycles. The molecule has 0 aromatic carbocycles. The van der Waals surface area contributed by atoms with Crippen LogP contribution in [-0.2, 0) is 6.54 Å². The maximum absolute atomic E-state index is 9.69. The number of nitrogens with one attached hydrogen (secondary N) is 1. The Morgan fingerprint density at radius 1 is 1.52 bits per heavy atom. The highest BCUT2D eigenvalue weighted by molar-refractivity contribution is 9.10. The van der Waals surface area contributed by atoms with Crippen LogP contribution in [0.2, 0.25) is 0 Å². The van der Waals surface area contributed by atoms with Crippen LogP contribution in [-0.4, -0.2) is 21.4 Å². The third-order valence-electron chi connectivity index (χ3n) is 4.55. The second kappa shape index (κ2) is 6.50. The van der Waals surface area contributed by atoms with Gasteiger partial charge in [-0.05, 0) is 68.8 Å². The lowest BCUT2D eigenvalue weighted by Gasteiger charge is -2.32. The molecule has 0 amide bonds. The fourth-order valence-electron chi connectivity index (χ4n) is 3.52. The molecular weight excluding hydrogens is 328 g/mol. The van der Waals surface area contributed by atoms with Crippen molar-refractivity contribution < 1.29 is 0 Å². The number of aryl methyl sites for hydroxylation is 2. The number of rotatable bonds is 5. The minimum Gasteiger partial charge on any atom is -0.297 e. The highest BCUT2D eigenvalue weighted by Crippen LogP contribution is 2.38. The van der Waals surface area contributed by atoms with E-state index >= 15 is 0 Å². The molecule has 2 rings (SSSR count). The molecule has 0 radical (unpaired) electrons. The molecule has 1 saturated carbocycles. The van der Waals surface area contributed by atoms with Crippen LogP contribution in [0.3, 0.4) is 0 Å². The highest BCUT2D eigenvalue weighted by Gasteiger charge is 2.43. The van der Waals surface area contributed by atoms with E-state index in [2.05, 4.69) is 57.9 Å². The van der Waals surface area contributed by atoms with E-state index in [1.54, 1.807) is 0 Å². The lowest BCUT2D eigenvalue weighted by molar-refractivity contribution is 0.268. The molecule has 1 N–H and O–H groups in total. The molecule has 21 heavy (non-hydrogen) atoms. The molecule has 5 heteroatoms. The van der Waals surface area contributed by atoms with Crippen LogP contribution in [0.25, 0.3) is 0 Å². The van der Waals surface area contributed by atoms with Gasteiger partial charge < -0.3 is 0 Å². The molecule has 4 nitrogen and oxygen atoms in total. The monoisotopic (exact) mass is 352 g/mol. The molecule has 1 heterocycles. The summed E-state index contributed by atoms with van der Waals surface area (Å²) in [5, 5.41) is 17.8. The van der Waals surface area contributed by atoms with Crippen LogP contribution < -0.4 is 5.32 Å². The number of hydrogen-bond acceptors (Lipinski definition) is 3. The zero-order valence-corrected chi connectivity index (χ0v) is 15.0. The maximum atomic E-state index is 9.69. The number of halogens is 1. The number of nitriles is 1. The van der Waals surface area contributed by atoms with Gasteiger partial charge in [0.2, 0.25) is 0 Å². The predicted octanol–water partition coefficient (Wildman–Crippen LogP) is 3.71. The van der Waals surface area contributed by atoms with Crippen LogP contribution in [0.15, 0.2) is 4.47 Å². The van der Waals surface area contributed by atoms with Crippen molar-refractivity contribution in [1.82, 2.24) is 15.1 Å². The van der Waals surface area contributed by atoms with Gasteiger partial charge in [-0.2, -0.15) is 10.4 Å². The van der Waals surface area contributed by atoms with E-state index in [-0.39, 0.29) is 5.54 Å². The largest absolute Gasteiger partial charge is 0.297 e. The number of nitrogens with zero attached hydrogens (tertiary/aromatic N) is 3. The van der Waals surface area contributed by atoms with E-state index in [1.165, 1.54) is 5.69 Å². The van der Waals surface area contributed by atoms with E-state index in [9.17, 15) is 5.26 Å². The summed E-state index contributed by atoms with van der Waals surface area (Å²) in [6, 6.07) is 2.92. The molecule has 2 atom stereocenters. The summed E-state index contributed by atoms with van der Waals surface area (Å²) in [5.74, 6) is 0.410. The van der Waals surface area contributed by atoms with Gasteiger partial charge in [-0.1, -0.05) is 6.42 Å². The molecule has 0 spiro atoms. The van der Waals surface area contributed by atoms with Gasteiger partial charge in [-0.15, -0.1) is 0 Å². The van der Waals surface area contributed by atoms with Crippen molar-refractivity contribution in [3.05, 3.63) is 15.9 Å². The number of hydrogen-bond donors (Lipinski definition) is 1. The van der Waals surface area contributed by atoms with E-state index in [0.29, 0.717) is 12.0 Å². The summed E-state index contributed by atoms with van der Waals surface area (Å²) in [6.07, 6.45) is 4.24. The minimum atomic E-state index is -0.346. The molecule has 0 bridgehead atoms. The van der Waals surface area contributed by atoms with Gasteiger partial charge in [0, 0.05) is 18.3 Å². The molecule has 2 unspecified atom stereocenters. The Morgan fingerprint density at radius 3 is 2.76 bits per heavy atom. The van der Waals surface area contributed by atoms with E-state index in [0.717, 1.165) is 42.4 Å². The van der Waals surface area contributed by atoms with Crippen molar-refractivity contribution >= 4 is 15.9 Å². The summed E-state index contributed by atoms with van der Waals surface area (Å²) in [7, 11) is 0. The SMILES string of the molecule is Cc1nn(CCC2CCCC2(C#N)NC(C)C)c(C)c1Br. The smallest absolute Gasteiger partial charge is 0.109 e. The van der Waals surface area contributed by atoms with Gasteiger partial charge in [-0.25, -0.2) is 0 Å².